The zero-order valence-electron chi connectivity index (χ0n) is 16.0. The number of hydrogen-bond acceptors (Lipinski definition) is 3. The molecule has 0 aromatic heterocycles. The highest BCUT2D eigenvalue weighted by molar-refractivity contribution is 7.88. The smallest absolute Gasteiger partial charge is 0.226 e. The normalized spacial score (nSPS) is 22.8. The minimum atomic E-state index is -3.19. The van der Waals surface area contributed by atoms with Crippen molar-refractivity contribution in [1.29, 1.82) is 0 Å². The Morgan fingerprint density at radius 1 is 1.00 bits per heavy atom. The Balaban J connectivity index is 1.41. The van der Waals surface area contributed by atoms with E-state index in [1.54, 1.807) is 0 Å². The fourth-order valence-corrected chi connectivity index (χ4v) is 5.11. The second kappa shape index (κ2) is 7.68. The van der Waals surface area contributed by atoms with Gasteiger partial charge in [0.25, 0.3) is 0 Å². The van der Waals surface area contributed by atoms with Gasteiger partial charge in [0, 0.05) is 25.0 Å². The molecule has 5 nitrogen and oxygen atoms in total. The first kappa shape index (κ1) is 19.2. The van der Waals surface area contributed by atoms with E-state index in [0.29, 0.717) is 25.9 Å². The molecular formula is C22H26N2O3S. The van der Waals surface area contributed by atoms with E-state index in [2.05, 4.69) is 29.0 Å². The summed E-state index contributed by atoms with van der Waals surface area (Å²) in [5, 5.41) is 0. The summed E-state index contributed by atoms with van der Waals surface area (Å²) in [6.07, 6.45) is 3.43. The zero-order valence-corrected chi connectivity index (χ0v) is 16.9. The summed E-state index contributed by atoms with van der Waals surface area (Å²) in [6.45, 7) is 1.24. The molecule has 4 rings (SSSR count). The molecule has 6 heteroatoms. The Labute approximate surface area is 166 Å². The van der Waals surface area contributed by atoms with Crippen molar-refractivity contribution in [3.63, 3.8) is 0 Å². The summed E-state index contributed by atoms with van der Waals surface area (Å²) in [4.78, 5) is 14.9. The van der Waals surface area contributed by atoms with Gasteiger partial charge < -0.3 is 4.90 Å². The maximum absolute atomic E-state index is 13.0. The number of hydrogen-bond donors (Lipinski definition) is 1. The number of rotatable bonds is 5. The molecule has 0 spiro atoms. The van der Waals surface area contributed by atoms with Crippen molar-refractivity contribution in [2.24, 2.45) is 5.92 Å². The van der Waals surface area contributed by atoms with Gasteiger partial charge in [-0.3, -0.25) is 4.79 Å². The lowest BCUT2D eigenvalue weighted by molar-refractivity contribution is -0.133. The van der Waals surface area contributed by atoms with E-state index in [1.165, 1.54) is 22.9 Å². The van der Waals surface area contributed by atoms with E-state index in [0.717, 1.165) is 6.42 Å². The van der Waals surface area contributed by atoms with E-state index in [9.17, 15) is 13.2 Å². The minimum absolute atomic E-state index is 0.0456. The Kier molecular flexibility index (Phi) is 5.25. The second-order valence-corrected chi connectivity index (χ2v) is 9.67. The Morgan fingerprint density at radius 2 is 1.64 bits per heavy atom. The zero-order chi connectivity index (χ0) is 19.7. The molecule has 1 saturated carbocycles. The monoisotopic (exact) mass is 398 g/mol. The molecule has 2 aliphatic rings. The van der Waals surface area contributed by atoms with Crippen molar-refractivity contribution in [3.05, 3.63) is 60.2 Å². The summed E-state index contributed by atoms with van der Waals surface area (Å²) in [7, 11) is -3.19. The van der Waals surface area contributed by atoms with Crippen LogP contribution in [0.4, 0.5) is 0 Å². The van der Waals surface area contributed by atoms with Crippen LogP contribution in [0.15, 0.2) is 54.6 Å². The molecule has 2 aromatic carbocycles. The third kappa shape index (κ3) is 4.28. The molecule has 0 unspecified atom stereocenters. The number of benzene rings is 2. The number of carbonyl (C=O) groups excluding carboxylic acids is 1. The van der Waals surface area contributed by atoms with Crippen LogP contribution in [0, 0.1) is 5.92 Å². The van der Waals surface area contributed by atoms with Crippen LogP contribution >= 0.6 is 0 Å². The maximum atomic E-state index is 13.0. The summed E-state index contributed by atoms with van der Waals surface area (Å²) in [6, 6.07) is 18.6. The van der Waals surface area contributed by atoms with Crippen molar-refractivity contribution >= 4 is 15.9 Å². The van der Waals surface area contributed by atoms with Crippen molar-refractivity contribution < 1.29 is 13.2 Å². The first-order chi connectivity index (χ1) is 13.4. The van der Waals surface area contributed by atoms with Gasteiger partial charge >= 0.3 is 0 Å². The largest absolute Gasteiger partial charge is 0.342 e. The number of carbonyl (C=O) groups is 1. The summed E-state index contributed by atoms with van der Waals surface area (Å²) in [5.41, 5.74) is 3.64. The van der Waals surface area contributed by atoms with E-state index >= 15 is 0 Å². The van der Waals surface area contributed by atoms with Gasteiger partial charge in [0.2, 0.25) is 15.9 Å². The van der Waals surface area contributed by atoms with E-state index in [1.807, 2.05) is 35.2 Å². The van der Waals surface area contributed by atoms with Gasteiger partial charge in [-0.05, 0) is 41.9 Å². The van der Waals surface area contributed by atoms with Gasteiger partial charge in [-0.2, -0.15) is 0 Å². The van der Waals surface area contributed by atoms with Crippen LogP contribution in [-0.4, -0.2) is 44.6 Å². The molecule has 0 bridgehead atoms. The number of amides is 1. The lowest BCUT2D eigenvalue weighted by atomic mass is 9.95. The molecule has 1 saturated heterocycles. The Bertz CT molecular complexity index is 951. The van der Waals surface area contributed by atoms with Crippen molar-refractivity contribution in [2.75, 3.05) is 19.3 Å². The minimum Gasteiger partial charge on any atom is -0.342 e. The molecular weight excluding hydrogens is 372 g/mol. The van der Waals surface area contributed by atoms with Crippen LogP contribution in [0.1, 0.15) is 30.7 Å². The molecule has 1 amide bonds. The Morgan fingerprint density at radius 3 is 2.32 bits per heavy atom. The highest BCUT2D eigenvalue weighted by Gasteiger charge is 2.47. The Hall–Kier alpha value is -2.18. The van der Waals surface area contributed by atoms with Crippen LogP contribution in [0.3, 0.4) is 0 Å². The SMILES string of the molecule is CS(=O)(=O)NC1CCN(C(=O)[C@@H]2C[C@H]2c2ccccc2-c2ccccc2)CC1. The van der Waals surface area contributed by atoms with Crippen LogP contribution in [0.25, 0.3) is 11.1 Å². The van der Waals surface area contributed by atoms with Gasteiger partial charge in [0.05, 0.1) is 6.26 Å². The first-order valence-electron chi connectivity index (χ1n) is 9.83. The number of piperidine rings is 1. The standard InChI is InChI=1S/C22H26N2O3S/c1-28(26,27)23-17-11-13-24(14-12-17)22(25)21-15-20(21)19-10-6-5-9-18(19)16-7-3-2-4-8-16/h2-10,17,20-21,23H,11-15H2,1H3/t20-,21+/m0/s1. The molecule has 0 radical (unpaired) electrons. The predicted molar refractivity (Wildman–Crippen MR) is 110 cm³/mol. The van der Waals surface area contributed by atoms with Crippen molar-refractivity contribution in [1.82, 2.24) is 9.62 Å². The molecule has 1 aliphatic carbocycles. The van der Waals surface area contributed by atoms with Gasteiger partial charge in [-0.15, -0.1) is 0 Å². The van der Waals surface area contributed by atoms with Gasteiger partial charge in [-0.25, -0.2) is 13.1 Å². The molecule has 1 N–H and O–H groups in total. The van der Waals surface area contributed by atoms with Crippen molar-refractivity contribution in [3.8, 4) is 11.1 Å². The van der Waals surface area contributed by atoms with Crippen LogP contribution in [0.5, 0.6) is 0 Å². The molecule has 2 aromatic rings. The quantitative estimate of drug-likeness (QED) is 0.842. The molecule has 2 fully saturated rings. The van der Waals surface area contributed by atoms with Gasteiger partial charge in [0.1, 0.15) is 0 Å². The average Bonchev–Trinajstić information content (AvgIpc) is 3.48. The van der Waals surface area contributed by atoms with Gasteiger partial charge in [-0.1, -0.05) is 54.6 Å². The molecule has 2 atom stereocenters. The van der Waals surface area contributed by atoms with Crippen LogP contribution < -0.4 is 4.72 Å². The number of nitrogens with one attached hydrogen (secondary N) is 1. The first-order valence-corrected chi connectivity index (χ1v) is 11.7. The number of nitrogens with zero attached hydrogens (tertiary/aromatic N) is 1. The van der Waals surface area contributed by atoms with E-state index < -0.39 is 10.0 Å². The topological polar surface area (TPSA) is 66.5 Å². The summed E-state index contributed by atoms with van der Waals surface area (Å²) < 4.78 is 25.4. The lowest BCUT2D eigenvalue weighted by Crippen LogP contribution is -2.46. The molecule has 28 heavy (non-hydrogen) atoms. The highest BCUT2D eigenvalue weighted by Crippen LogP contribution is 2.51. The average molecular weight is 399 g/mol. The molecule has 1 heterocycles. The molecule has 1 aliphatic heterocycles. The summed E-state index contributed by atoms with van der Waals surface area (Å²) in [5.74, 6) is 0.533. The second-order valence-electron chi connectivity index (χ2n) is 7.89. The maximum Gasteiger partial charge on any atom is 0.226 e. The highest BCUT2D eigenvalue weighted by atomic mass is 32.2. The fraction of sp³-hybridized carbons (Fsp3) is 0.409. The third-order valence-electron chi connectivity index (χ3n) is 5.74. The van der Waals surface area contributed by atoms with Crippen LogP contribution in [-0.2, 0) is 14.8 Å². The van der Waals surface area contributed by atoms with Crippen LogP contribution in [0.2, 0.25) is 0 Å². The third-order valence-corrected chi connectivity index (χ3v) is 6.50. The number of sulfonamides is 1. The number of likely N-dealkylation sites (tertiary alicyclic amines) is 1. The van der Waals surface area contributed by atoms with E-state index in [4.69, 9.17) is 0 Å². The summed E-state index contributed by atoms with van der Waals surface area (Å²) >= 11 is 0. The van der Waals surface area contributed by atoms with Crippen molar-refractivity contribution in [2.45, 2.75) is 31.2 Å². The van der Waals surface area contributed by atoms with Gasteiger partial charge in [0.15, 0.2) is 0 Å². The predicted octanol–water partition coefficient (Wildman–Crippen LogP) is 3.00. The molecule has 148 valence electrons. The lowest BCUT2D eigenvalue weighted by Gasteiger charge is -2.32. The fourth-order valence-electron chi connectivity index (χ4n) is 4.27. The van der Waals surface area contributed by atoms with E-state index in [-0.39, 0.29) is 23.8 Å².